The predicted octanol–water partition coefficient (Wildman–Crippen LogP) is 2.55. The second kappa shape index (κ2) is 5.36. The number of benzene rings is 1. The van der Waals surface area contributed by atoms with Gasteiger partial charge in [-0.2, -0.15) is 4.57 Å². The van der Waals surface area contributed by atoms with Crippen LogP contribution in [0.5, 0.6) is 0 Å². The molecule has 0 saturated carbocycles. The van der Waals surface area contributed by atoms with Crippen molar-refractivity contribution in [2.24, 2.45) is 0 Å². The highest BCUT2D eigenvalue weighted by Crippen LogP contribution is 2.23. The van der Waals surface area contributed by atoms with Crippen LogP contribution in [0, 0.1) is 29.1 Å². The third-order valence-corrected chi connectivity index (χ3v) is 2.59. The summed E-state index contributed by atoms with van der Waals surface area (Å²) in [6, 6.07) is 4.73. The zero-order valence-corrected chi connectivity index (χ0v) is 9.84. The number of carbonyl (C=O) groups is 1. The van der Waals surface area contributed by atoms with Gasteiger partial charge in [-0.25, -0.2) is 22.0 Å². The highest BCUT2D eigenvalue weighted by atomic mass is 19.2. The van der Waals surface area contributed by atoms with Gasteiger partial charge in [-0.1, -0.05) is 6.07 Å². The summed E-state index contributed by atoms with van der Waals surface area (Å²) in [6.07, 6.45) is 2.84. The summed E-state index contributed by atoms with van der Waals surface area (Å²) in [5.74, 6) is -12.0. The van der Waals surface area contributed by atoms with Crippen LogP contribution in [-0.2, 0) is 6.54 Å². The highest BCUT2D eigenvalue weighted by molar-refractivity contribution is 5.95. The molecule has 0 aliphatic heterocycles. The molecular weight excluding hydrogens is 281 g/mol. The zero-order valence-electron chi connectivity index (χ0n) is 9.84. The molecule has 2 aromatic rings. The Bertz CT molecular complexity index is 643. The van der Waals surface area contributed by atoms with Gasteiger partial charge < -0.3 is 0 Å². The topological polar surface area (TPSA) is 20.9 Å². The Morgan fingerprint density at radius 3 is 1.75 bits per heavy atom. The average molecular weight is 288 g/mol. The lowest BCUT2D eigenvalue weighted by molar-refractivity contribution is -0.683. The first-order valence-corrected chi connectivity index (χ1v) is 5.42. The monoisotopic (exact) mass is 288 g/mol. The molecule has 0 bridgehead atoms. The fourth-order valence-corrected chi connectivity index (χ4v) is 1.63. The first-order chi connectivity index (χ1) is 9.43. The number of ketones is 1. The van der Waals surface area contributed by atoms with Gasteiger partial charge in [-0.3, -0.25) is 4.79 Å². The van der Waals surface area contributed by atoms with Gasteiger partial charge in [0.25, 0.3) is 0 Å². The molecule has 0 aliphatic carbocycles. The normalized spacial score (nSPS) is 10.7. The standard InChI is InChI=1S/C13H7F5NO/c14-9-8(10(15)12(17)13(18)11(9)16)7(20)6-19-4-2-1-3-5-19/h1-5H,6H2/q+1. The van der Waals surface area contributed by atoms with Crippen LogP contribution in [0.15, 0.2) is 30.6 Å². The van der Waals surface area contributed by atoms with Crippen molar-refractivity contribution in [3.63, 3.8) is 0 Å². The summed E-state index contributed by atoms with van der Waals surface area (Å²) in [5, 5.41) is 0. The fourth-order valence-electron chi connectivity index (χ4n) is 1.63. The molecule has 20 heavy (non-hydrogen) atoms. The highest BCUT2D eigenvalue weighted by Gasteiger charge is 2.30. The maximum absolute atomic E-state index is 13.4. The van der Waals surface area contributed by atoms with Crippen LogP contribution in [-0.4, -0.2) is 5.78 Å². The van der Waals surface area contributed by atoms with E-state index in [0.29, 0.717) is 0 Å². The van der Waals surface area contributed by atoms with E-state index in [-0.39, 0.29) is 0 Å². The largest absolute Gasteiger partial charge is 0.287 e. The number of aromatic nitrogens is 1. The summed E-state index contributed by atoms with van der Waals surface area (Å²) >= 11 is 0. The van der Waals surface area contributed by atoms with Crippen LogP contribution in [0.3, 0.4) is 0 Å². The number of rotatable bonds is 3. The van der Waals surface area contributed by atoms with Crippen LogP contribution in [0.25, 0.3) is 0 Å². The average Bonchev–Trinajstić information content (AvgIpc) is 2.44. The van der Waals surface area contributed by atoms with Crippen molar-refractivity contribution in [2.45, 2.75) is 6.54 Å². The second-order valence-electron chi connectivity index (χ2n) is 3.92. The third kappa shape index (κ3) is 2.38. The first-order valence-electron chi connectivity index (χ1n) is 5.42. The van der Waals surface area contributed by atoms with Gasteiger partial charge in [0, 0.05) is 12.1 Å². The zero-order chi connectivity index (χ0) is 14.9. The van der Waals surface area contributed by atoms with Gasteiger partial charge in [-0.05, 0) is 0 Å². The molecule has 1 heterocycles. The molecule has 0 unspecified atom stereocenters. The molecule has 0 N–H and O–H groups in total. The summed E-state index contributed by atoms with van der Waals surface area (Å²) in [7, 11) is 0. The number of hydrogen-bond donors (Lipinski definition) is 0. The first kappa shape index (κ1) is 14.1. The van der Waals surface area contributed by atoms with Gasteiger partial charge in [0.15, 0.2) is 35.7 Å². The second-order valence-corrected chi connectivity index (χ2v) is 3.92. The molecule has 2 rings (SSSR count). The number of carbonyl (C=O) groups excluding carboxylic acids is 1. The van der Waals surface area contributed by atoms with Crippen molar-refractivity contribution in [3.8, 4) is 0 Å². The van der Waals surface area contributed by atoms with Crippen molar-refractivity contribution in [3.05, 3.63) is 65.2 Å². The van der Waals surface area contributed by atoms with Crippen molar-refractivity contribution in [1.82, 2.24) is 0 Å². The van der Waals surface area contributed by atoms with Crippen LogP contribution in [0.2, 0.25) is 0 Å². The Hall–Kier alpha value is -2.31. The van der Waals surface area contributed by atoms with Gasteiger partial charge >= 0.3 is 0 Å². The SMILES string of the molecule is O=C(C[n+]1ccccc1)c1c(F)c(F)c(F)c(F)c1F. The molecule has 0 amide bonds. The molecule has 1 aromatic carbocycles. The quantitative estimate of drug-likeness (QED) is 0.279. The smallest absolute Gasteiger partial charge is 0.233 e. The lowest BCUT2D eigenvalue weighted by atomic mass is 10.1. The van der Waals surface area contributed by atoms with Crippen LogP contribution in [0.4, 0.5) is 22.0 Å². The maximum atomic E-state index is 13.4. The van der Waals surface area contributed by atoms with E-state index < -0.39 is 47.0 Å². The third-order valence-electron chi connectivity index (χ3n) is 2.59. The van der Waals surface area contributed by atoms with Crippen molar-refractivity contribution >= 4 is 5.78 Å². The molecule has 0 radical (unpaired) electrons. The fraction of sp³-hybridized carbons (Fsp3) is 0.0769. The number of nitrogens with zero attached hydrogens (tertiary/aromatic N) is 1. The predicted molar refractivity (Wildman–Crippen MR) is 57.2 cm³/mol. The van der Waals surface area contributed by atoms with E-state index in [2.05, 4.69) is 0 Å². The Morgan fingerprint density at radius 1 is 0.800 bits per heavy atom. The van der Waals surface area contributed by atoms with E-state index in [0.717, 1.165) is 0 Å². The molecule has 0 saturated heterocycles. The molecule has 1 aromatic heterocycles. The summed E-state index contributed by atoms with van der Waals surface area (Å²) in [5.41, 5.74) is -1.43. The van der Waals surface area contributed by atoms with E-state index >= 15 is 0 Å². The maximum Gasteiger partial charge on any atom is 0.233 e. The Morgan fingerprint density at radius 2 is 1.25 bits per heavy atom. The van der Waals surface area contributed by atoms with Gasteiger partial charge in [0.05, 0.1) is 0 Å². The minimum absolute atomic E-state index is 0.542. The van der Waals surface area contributed by atoms with Gasteiger partial charge in [0.1, 0.15) is 5.56 Å². The van der Waals surface area contributed by atoms with Crippen LogP contribution < -0.4 is 4.57 Å². The van der Waals surface area contributed by atoms with E-state index in [9.17, 15) is 26.7 Å². The van der Waals surface area contributed by atoms with Gasteiger partial charge in [-0.15, -0.1) is 0 Å². The lowest BCUT2D eigenvalue weighted by Gasteiger charge is -2.05. The minimum atomic E-state index is -2.29. The number of hydrogen-bond acceptors (Lipinski definition) is 1. The van der Waals surface area contributed by atoms with Gasteiger partial charge in [0.2, 0.25) is 18.1 Å². The molecule has 2 nitrogen and oxygen atoms in total. The molecule has 0 aliphatic rings. The van der Waals surface area contributed by atoms with E-state index in [1.165, 1.54) is 17.0 Å². The summed E-state index contributed by atoms with van der Waals surface area (Å²) < 4.78 is 66.9. The molecule has 0 fully saturated rings. The molecule has 104 valence electrons. The number of Topliss-reactive ketones (excluding diaryl/α,β-unsaturated/α-hetero) is 1. The van der Waals surface area contributed by atoms with Crippen LogP contribution in [0.1, 0.15) is 10.4 Å². The van der Waals surface area contributed by atoms with Crippen LogP contribution >= 0.6 is 0 Å². The number of pyridine rings is 1. The summed E-state index contributed by atoms with van der Waals surface area (Å²) in [6.45, 7) is -0.542. The Kier molecular flexibility index (Phi) is 3.78. The molecular formula is C13H7F5NO+. The Labute approximate surface area is 110 Å². The van der Waals surface area contributed by atoms with Crippen molar-refractivity contribution in [2.75, 3.05) is 0 Å². The number of halogens is 5. The van der Waals surface area contributed by atoms with E-state index in [1.807, 2.05) is 0 Å². The molecule has 0 spiro atoms. The Balaban J connectivity index is 2.45. The van der Waals surface area contributed by atoms with E-state index in [4.69, 9.17) is 0 Å². The summed E-state index contributed by atoms with van der Waals surface area (Å²) in [4.78, 5) is 11.7. The van der Waals surface area contributed by atoms with Crippen molar-refractivity contribution < 1.29 is 31.3 Å². The molecule has 7 heteroatoms. The van der Waals surface area contributed by atoms with E-state index in [1.54, 1.807) is 18.2 Å². The van der Waals surface area contributed by atoms with Crippen molar-refractivity contribution in [1.29, 1.82) is 0 Å². The molecule has 0 atom stereocenters. The minimum Gasteiger partial charge on any atom is -0.287 e. The lowest BCUT2D eigenvalue weighted by Crippen LogP contribution is -2.37.